The standard InChI is InChI=1S/C36H45N5O5Si/c1-36(2,3)47(6,7)46-28-15-8-24(9-16-28)33(32-29-22-25(35(44)45)10-17-30(29)38-34(32)43)37-26-11-13-27(14-12-26)40(5)31(42)23-41-20-18-39(4)19-21-41/h8-17,22,37H,18-21,23H2,1-7H3,(H,38,43)(H,44,45)/b33-32-. The highest BCUT2D eigenvalue weighted by molar-refractivity contribution is 6.74. The van der Waals surface area contributed by atoms with E-state index in [2.05, 4.69) is 61.3 Å². The first-order valence-corrected chi connectivity index (χ1v) is 18.8. The first-order chi connectivity index (χ1) is 22.1. The highest BCUT2D eigenvalue weighted by atomic mass is 28.4. The number of carbonyl (C=O) groups is 3. The lowest BCUT2D eigenvalue weighted by Gasteiger charge is -2.36. The predicted octanol–water partition coefficient (Wildman–Crippen LogP) is 5.91. The molecule has 0 radical (unpaired) electrons. The summed E-state index contributed by atoms with van der Waals surface area (Å²) >= 11 is 0. The van der Waals surface area contributed by atoms with E-state index in [0.29, 0.717) is 34.8 Å². The number of nitrogens with zero attached hydrogens (tertiary/aromatic N) is 3. The summed E-state index contributed by atoms with van der Waals surface area (Å²) in [4.78, 5) is 44.4. The number of rotatable bonds is 9. The van der Waals surface area contributed by atoms with E-state index in [1.165, 1.54) is 12.1 Å². The number of anilines is 3. The molecule has 10 nitrogen and oxygen atoms in total. The number of benzene rings is 3. The number of aromatic carboxylic acids is 1. The van der Waals surface area contributed by atoms with Gasteiger partial charge in [0, 0.05) is 55.9 Å². The molecular formula is C36H45N5O5Si. The maximum atomic E-state index is 13.5. The van der Waals surface area contributed by atoms with Crippen molar-refractivity contribution in [3.05, 3.63) is 83.4 Å². The quantitative estimate of drug-likeness (QED) is 0.193. The molecule has 1 fully saturated rings. The smallest absolute Gasteiger partial charge is 0.335 e. The molecule has 5 rings (SSSR count). The van der Waals surface area contributed by atoms with Crippen molar-refractivity contribution >= 4 is 54.4 Å². The van der Waals surface area contributed by atoms with Gasteiger partial charge >= 0.3 is 5.97 Å². The summed E-state index contributed by atoms with van der Waals surface area (Å²) in [6, 6.07) is 19.7. The van der Waals surface area contributed by atoms with Crippen LogP contribution in [0.1, 0.15) is 42.3 Å². The molecule has 0 spiro atoms. The molecule has 3 aromatic carbocycles. The van der Waals surface area contributed by atoms with Gasteiger partial charge in [-0.2, -0.15) is 0 Å². The van der Waals surface area contributed by atoms with Crippen molar-refractivity contribution in [1.82, 2.24) is 9.80 Å². The Morgan fingerprint density at radius 3 is 2.17 bits per heavy atom. The number of hydrogen-bond donors (Lipinski definition) is 3. The van der Waals surface area contributed by atoms with Crippen LogP contribution in [-0.2, 0) is 9.59 Å². The minimum Gasteiger partial charge on any atom is -0.544 e. The average Bonchev–Trinajstić information content (AvgIpc) is 3.35. The largest absolute Gasteiger partial charge is 0.544 e. The Labute approximate surface area is 278 Å². The molecule has 2 amide bonds. The monoisotopic (exact) mass is 655 g/mol. The summed E-state index contributed by atoms with van der Waals surface area (Å²) < 4.78 is 6.49. The zero-order valence-corrected chi connectivity index (χ0v) is 29.3. The highest BCUT2D eigenvalue weighted by Gasteiger charge is 2.39. The Morgan fingerprint density at radius 1 is 0.957 bits per heavy atom. The van der Waals surface area contributed by atoms with Crippen LogP contribution in [0.15, 0.2) is 66.7 Å². The van der Waals surface area contributed by atoms with E-state index in [-0.39, 0.29) is 22.4 Å². The molecule has 248 valence electrons. The number of piperazine rings is 1. The van der Waals surface area contributed by atoms with E-state index >= 15 is 0 Å². The number of likely N-dealkylation sites (N-methyl/N-ethyl adjacent to an activating group) is 2. The Hall–Kier alpha value is -4.45. The van der Waals surface area contributed by atoms with Crippen molar-refractivity contribution in [2.75, 3.05) is 62.4 Å². The maximum absolute atomic E-state index is 13.5. The van der Waals surface area contributed by atoms with Crippen molar-refractivity contribution in [3.8, 4) is 5.75 Å². The molecule has 3 aromatic rings. The van der Waals surface area contributed by atoms with Crippen molar-refractivity contribution in [3.63, 3.8) is 0 Å². The third kappa shape index (κ3) is 7.59. The van der Waals surface area contributed by atoms with Crippen LogP contribution in [0.25, 0.3) is 11.3 Å². The van der Waals surface area contributed by atoms with Gasteiger partial charge in [0.25, 0.3) is 5.91 Å². The summed E-state index contributed by atoms with van der Waals surface area (Å²) in [7, 11) is 1.80. The lowest BCUT2D eigenvalue weighted by Crippen LogP contribution is -2.48. The molecule has 2 heterocycles. The predicted molar refractivity (Wildman–Crippen MR) is 191 cm³/mol. The third-order valence-corrected chi connectivity index (χ3v) is 13.8. The third-order valence-electron chi connectivity index (χ3n) is 9.44. The molecule has 0 atom stereocenters. The molecule has 0 aromatic heterocycles. The lowest BCUT2D eigenvalue weighted by molar-refractivity contribution is -0.119. The average molecular weight is 656 g/mol. The summed E-state index contributed by atoms with van der Waals surface area (Å²) in [6.07, 6.45) is 0. The van der Waals surface area contributed by atoms with Crippen LogP contribution in [0, 0.1) is 0 Å². The fourth-order valence-corrected chi connectivity index (χ4v) is 6.36. The molecular weight excluding hydrogens is 611 g/mol. The first-order valence-electron chi connectivity index (χ1n) is 15.9. The number of carboxylic acid groups (broad SMARTS) is 1. The SMILES string of the molecule is CN1CCN(CC(=O)N(C)c2ccc(N/C(=C3\C(=O)Nc4ccc(C(=O)O)cc43)c3ccc(O[Si](C)(C)C(C)(C)C)cc3)cc2)CC1. The van der Waals surface area contributed by atoms with Crippen molar-refractivity contribution < 1.29 is 23.9 Å². The molecule has 1 saturated heterocycles. The summed E-state index contributed by atoms with van der Waals surface area (Å²) in [5, 5.41) is 16.0. The molecule has 0 unspecified atom stereocenters. The van der Waals surface area contributed by atoms with Crippen LogP contribution in [0.4, 0.5) is 17.1 Å². The van der Waals surface area contributed by atoms with E-state index in [1.807, 2.05) is 48.5 Å². The number of amides is 2. The van der Waals surface area contributed by atoms with Crippen LogP contribution < -0.4 is 20.0 Å². The normalized spacial score (nSPS) is 16.7. The maximum Gasteiger partial charge on any atom is 0.335 e. The Morgan fingerprint density at radius 2 is 1.57 bits per heavy atom. The number of carboxylic acids is 1. The topological polar surface area (TPSA) is 114 Å². The van der Waals surface area contributed by atoms with E-state index in [0.717, 1.165) is 43.2 Å². The minimum absolute atomic E-state index is 0.0199. The first kappa shape index (κ1) is 33.9. The summed E-state index contributed by atoms with van der Waals surface area (Å²) in [6.45, 7) is 14.9. The van der Waals surface area contributed by atoms with Crippen LogP contribution in [0.3, 0.4) is 0 Å². The van der Waals surface area contributed by atoms with E-state index in [1.54, 1.807) is 18.0 Å². The van der Waals surface area contributed by atoms with Crippen LogP contribution in [0.2, 0.25) is 18.1 Å². The Kier molecular flexibility index (Phi) is 9.62. The molecule has 47 heavy (non-hydrogen) atoms. The summed E-state index contributed by atoms with van der Waals surface area (Å²) in [5.74, 6) is -0.637. The Balaban J connectivity index is 1.45. The molecule has 3 N–H and O–H groups in total. The van der Waals surface area contributed by atoms with E-state index in [9.17, 15) is 19.5 Å². The number of nitrogens with one attached hydrogen (secondary N) is 2. The van der Waals surface area contributed by atoms with Crippen molar-refractivity contribution in [2.24, 2.45) is 0 Å². The molecule has 2 aliphatic rings. The second-order valence-electron chi connectivity index (χ2n) is 13.9. The summed E-state index contributed by atoms with van der Waals surface area (Å²) in [5.41, 5.74) is 4.19. The second kappa shape index (κ2) is 13.3. The van der Waals surface area contributed by atoms with Gasteiger partial charge in [0.1, 0.15) is 5.75 Å². The zero-order valence-electron chi connectivity index (χ0n) is 28.3. The molecule has 0 aliphatic carbocycles. The van der Waals surface area contributed by atoms with Gasteiger partial charge in [-0.3, -0.25) is 14.5 Å². The fraction of sp³-hybridized carbons (Fsp3) is 0.361. The van der Waals surface area contributed by atoms with Gasteiger partial charge in [-0.1, -0.05) is 20.8 Å². The van der Waals surface area contributed by atoms with Crippen molar-refractivity contribution in [1.29, 1.82) is 0 Å². The molecule has 0 saturated carbocycles. The van der Waals surface area contributed by atoms with Crippen LogP contribution in [0.5, 0.6) is 5.75 Å². The number of carbonyl (C=O) groups excluding carboxylic acids is 2. The van der Waals surface area contributed by atoms with E-state index < -0.39 is 14.3 Å². The van der Waals surface area contributed by atoms with Gasteiger partial charge in [0.2, 0.25) is 14.2 Å². The van der Waals surface area contributed by atoms with Gasteiger partial charge in [-0.15, -0.1) is 0 Å². The van der Waals surface area contributed by atoms with Crippen molar-refractivity contribution in [2.45, 2.75) is 38.9 Å². The highest BCUT2D eigenvalue weighted by Crippen LogP contribution is 2.40. The number of fused-ring (bicyclic) bond motifs is 1. The number of hydrogen-bond acceptors (Lipinski definition) is 7. The van der Waals surface area contributed by atoms with Gasteiger partial charge < -0.3 is 30.0 Å². The van der Waals surface area contributed by atoms with Gasteiger partial charge in [0.15, 0.2) is 0 Å². The van der Waals surface area contributed by atoms with E-state index in [4.69, 9.17) is 4.43 Å². The molecule has 2 aliphatic heterocycles. The van der Waals surface area contributed by atoms with Gasteiger partial charge in [-0.25, -0.2) is 4.79 Å². The lowest BCUT2D eigenvalue weighted by atomic mass is 9.98. The van der Waals surface area contributed by atoms with Crippen LogP contribution >= 0.6 is 0 Å². The minimum atomic E-state index is -2.07. The van der Waals surface area contributed by atoms with Crippen LogP contribution in [-0.4, -0.2) is 87.8 Å². The Bertz CT molecular complexity index is 1690. The second-order valence-corrected chi connectivity index (χ2v) is 18.6. The van der Waals surface area contributed by atoms with Gasteiger partial charge in [0.05, 0.1) is 23.4 Å². The molecule has 11 heteroatoms. The molecule has 0 bridgehead atoms. The fourth-order valence-electron chi connectivity index (χ4n) is 5.32. The zero-order chi connectivity index (χ0) is 34.1. The van der Waals surface area contributed by atoms with Gasteiger partial charge in [-0.05, 0) is 97.5 Å².